The number of hydrogen-bond acceptors (Lipinski definition) is 5. The third-order valence-electron chi connectivity index (χ3n) is 5.53. The number of carbonyl (C=O) groups is 1. The zero-order valence-electron chi connectivity index (χ0n) is 18.2. The molecule has 1 aliphatic rings. The van der Waals surface area contributed by atoms with Crippen molar-refractivity contribution in [3.8, 4) is 0 Å². The monoisotopic (exact) mass is 465 g/mol. The minimum Gasteiger partial charge on any atom is -0.445 e. The molecule has 4 atom stereocenters. The Bertz CT molecular complexity index is 1030. The molecule has 3 aromatic rings. The first-order valence-corrected chi connectivity index (χ1v) is 12.0. The molecule has 1 N–H and O–H groups in total. The van der Waals surface area contributed by atoms with Gasteiger partial charge in [-0.3, -0.25) is 8.37 Å². The van der Waals surface area contributed by atoms with E-state index in [-0.39, 0.29) is 6.61 Å². The van der Waals surface area contributed by atoms with Gasteiger partial charge in [0.15, 0.2) is 0 Å². The molecule has 0 aliphatic carbocycles. The Hall–Kier alpha value is -3.00. The molecule has 0 bridgehead atoms. The number of carbonyl (C=O) groups excluding carboxylic acids is 1. The Morgan fingerprint density at radius 3 is 2.06 bits per heavy atom. The highest BCUT2D eigenvalue weighted by molar-refractivity contribution is 7.75. The normalized spacial score (nSPS) is 20.8. The van der Waals surface area contributed by atoms with Gasteiger partial charge in [-0.15, -0.1) is 0 Å². The van der Waals surface area contributed by atoms with Crippen molar-refractivity contribution in [2.45, 2.75) is 44.1 Å². The van der Waals surface area contributed by atoms with Gasteiger partial charge in [0.05, 0.1) is 6.04 Å². The van der Waals surface area contributed by atoms with Gasteiger partial charge in [0.1, 0.15) is 18.8 Å². The fourth-order valence-electron chi connectivity index (χ4n) is 3.86. The molecule has 0 aromatic heterocycles. The van der Waals surface area contributed by atoms with Gasteiger partial charge in [0, 0.05) is 0 Å². The molecule has 172 valence electrons. The van der Waals surface area contributed by atoms with E-state index in [0.29, 0.717) is 12.8 Å². The van der Waals surface area contributed by atoms with Crippen molar-refractivity contribution in [1.82, 2.24) is 5.32 Å². The van der Waals surface area contributed by atoms with Gasteiger partial charge in [-0.1, -0.05) is 91.0 Å². The molecule has 6 nitrogen and oxygen atoms in total. The lowest BCUT2D eigenvalue weighted by molar-refractivity contribution is 0.0936. The zero-order chi connectivity index (χ0) is 22.9. The van der Waals surface area contributed by atoms with Crippen LogP contribution < -0.4 is 5.32 Å². The predicted molar refractivity (Wildman–Crippen MR) is 126 cm³/mol. The number of ether oxygens (including phenoxy) is 1. The number of nitrogens with one attached hydrogen (secondary N) is 1. The molecule has 33 heavy (non-hydrogen) atoms. The summed E-state index contributed by atoms with van der Waals surface area (Å²) < 4.78 is 28.8. The topological polar surface area (TPSA) is 73.9 Å². The first-order valence-electron chi connectivity index (χ1n) is 11.0. The van der Waals surface area contributed by atoms with Crippen molar-refractivity contribution in [1.29, 1.82) is 0 Å². The predicted octanol–water partition coefficient (Wildman–Crippen LogP) is 4.52. The second-order valence-electron chi connectivity index (χ2n) is 7.93. The summed E-state index contributed by atoms with van der Waals surface area (Å²) in [6, 6.07) is 28.8. The van der Waals surface area contributed by atoms with Crippen molar-refractivity contribution >= 4 is 17.5 Å². The number of aryl methyl sites for hydroxylation is 1. The van der Waals surface area contributed by atoms with Gasteiger partial charge in [-0.25, -0.2) is 4.79 Å². The van der Waals surface area contributed by atoms with Crippen LogP contribution in [0.5, 0.6) is 0 Å². The number of benzene rings is 3. The lowest BCUT2D eigenvalue weighted by Crippen LogP contribution is -2.49. The van der Waals surface area contributed by atoms with Gasteiger partial charge in [-0.05, 0) is 36.0 Å². The van der Waals surface area contributed by atoms with E-state index in [1.807, 2.05) is 91.0 Å². The number of amides is 1. The standard InChI is InChI=1S/C26H27NO5S/c28-26(30-19-22-14-8-3-9-15-22)27-23(18-21-12-6-2-7-13-21)25-24(31-33(29)32-25)17-16-20-10-4-1-5-11-20/h1-15,23-25H,16-19H2,(H,27,28)/t23-,24+,25+,33?/m0/s1. The van der Waals surface area contributed by atoms with Crippen LogP contribution in [-0.2, 0) is 43.9 Å². The third kappa shape index (κ3) is 6.99. The molecule has 1 aliphatic heterocycles. The minimum atomic E-state index is -1.86. The maximum Gasteiger partial charge on any atom is 0.407 e. The van der Waals surface area contributed by atoms with E-state index in [9.17, 15) is 9.00 Å². The van der Waals surface area contributed by atoms with Crippen LogP contribution in [-0.4, -0.2) is 28.6 Å². The molecular weight excluding hydrogens is 438 g/mol. The van der Waals surface area contributed by atoms with Crippen LogP contribution in [0.2, 0.25) is 0 Å². The summed E-state index contributed by atoms with van der Waals surface area (Å²) in [5.74, 6) is 0. The average molecular weight is 466 g/mol. The van der Waals surface area contributed by atoms with Crippen LogP contribution in [0.15, 0.2) is 91.0 Å². The van der Waals surface area contributed by atoms with Gasteiger partial charge >= 0.3 is 17.5 Å². The number of hydrogen-bond donors (Lipinski definition) is 1. The first kappa shape index (κ1) is 23.2. The van der Waals surface area contributed by atoms with Crippen molar-refractivity contribution in [3.63, 3.8) is 0 Å². The SMILES string of the molecule is O=C(N[C@@H](Cc1ccccc1)[C@H]1OS(=O)O[C@@H]1CCc1ccccc1)OCc1ccccc1. The van der Waals surface area contributed by atoms with E-state index in [4.69, 9.17) is 13.1 Å². The lowest BCUT2D eigenvalue weighted by Gasteiger charge is -2.26. The molecule has 3 aromatic carbocycles. The van der Waals surface area contributed by atoms with Gasteiger partial charge < -0.3 is 10.1 Å². The first-order chi connectivity index (χ1) is 16.2. The quantitative estimate of drug-likeness (QED) is 0.503. The third-order valence-corrected chi connectivity index (χ3v) is 6.31. The van der Waals surface area contributed by atoms with Gasteiger partial charge in [0.2, 0.25) is 0 Å². The van der Waals surface area contributed by atoms with E-state index in [2.05, 4.69) is 5.32 Å². The Morgan fingerprint density at radius 2 is 1.42 bits per heavy atom. The van der Waals surface area contributed by atoms with Crippen LogP contribution in [0, 0.1) is 0 Å². The maximum absolute atomic E-state index is 12.6. The molecule has 1 heterocycles. The molecule has 1 unspecified atom stereocenters. The molecule has 1 fully saturated rings. The minimum absolute atomic E-state index is 0.163. The van der Waals surface area contributed by atoms with Crippen LogP contribution in [0.4, 0.5) is 4.79 Å². The van der Waals surface area contributed by atoms with E-state index in [1.165, 1.54) is 0 Å². The summed E-state index contributed by atoms with van der Waals surface area (Å²) >= 11 is -1.86. The molecular formula is C26H27NO5S. The molecule has 0 radical (unpaired) electrons. The van der Waals surface area contributed by atoms with Gasteiger partial charge in [-0.2, -0.15) is 4.21 Å². The van der Waals surface area contributed by atoms with Gasteiger partial charge in [0.25, 0.3) is 0 Å². The fraction of sp³-hybridized carbons (Fsp3) is 0.269. The molecule has 0 saturated carbocycles. The van der Waals surface area contributed by atoms with Crippen LogP contribution in [0.3, 0.4) is 0 Å². The highest BCUT2D eigenvalue weighted by Gasteiger charge is 2.41. The van der Waals surface area contributed by atoms with Crippen molar-refractivity contribution in [2.24, 2.45) is 0 Å². The fourth-order valence-corrected chi connectivity index (χ4v) is 4.75. The van der Waals surface area contributed by atoms with Crippen LogP contribution in [0.25, 0.3) is 0 Å². The highest BCUT2D eigenvalue weighted by atomic mass is 32.2. The van der Waals surface area contributed by atoms with E-state index in [0.717, 1.165) is 23.1 Å². The molecule has 1 amide bonds. The average Bonchev–Trinajstić information content (AvgIpc) is 3.23. The molecule has 7 heteroatoms. The Labute approximate surface area is 196 Å². The van der Waals surface area contributed by atoms with Crippen molar-refractivity contribution in [3.05, 3.63) is 108 Å². The summed E-state index contributed by atoms with van der Waals surface area (Å²) in [5.41, 5.74) is 3.08. The lowest BCUT2D eigenvalue weighted by atomic mass is 9.94. The largest absolute Gasteiger partial charge is 0.445 e. The van der Waals surface area contributed by atoms with E-state index >= 15 is 0 Å². The van der Waals surface area contributed by atoms with Crippen molar-refractivity contribution < 1.29 is 22.1 Å². The summed E-state index contributed by atoms with van der Waals surface area (Å²) in [6.45, 7) is 0.163. The second-order valence-corrected chi connectivity index (χ2v) is 8.72. The van der Waals surface area contributed by atoms with Crippen LogP contribution in [0.1, 0.15) is 23.1 Å². The summed E-state index contributed by atoms with van der Waals surface area (Å²) in [6.07, 6.45) is 0.316. The number of rotatable bonds is 9. The summed E-state index contributed by atoms with van der Waals surface area (Å²) in [5, 5.41) is 2.93. The van der Waals surface area contributed by atoms with Crippen LogP contribution >= 0.6 is 0 Å². The highest BCUT2D eigenvalue weighted by Crippen LogP contribution is 2.26. The summed E-state index contributed by atoms with van der Waals surface area (Å²) in [7, 11) is 0. The van der Waals surface area contributed by atoms with E-state index in [1.54, 1.807) is 0 Å². The Morgan fingerprint density at radius 1 is 0.848 bits per heavy atom. The molecule has 4 rings (SSSR count). The maximum atomic E-state index is 12.6. The molecule has 1 saturated heterocycles. The summed E-state index contributed by atoms with van der Waals surface area (Å²) in [4.78, 5) is 12.6. The smallest absolute Gasteiger partial charge is 0.407 e. The Kier molecular flexibility index (Phi) is 8.24. The Balaban J connectivity index is 1.44. The number of alkyl carbamates (subject to hydrolysis) is 1. The zero-order valence-corrected chi connectivity index (χ0v) is 19.0. The van der Waals surface area contributed by atoms with Crippen molar-refractivity contribution in [2.75, 3.05) is 0 Å². The second kappa shape index (κ2) is 11.7. The molecule has 0 spiro atoms. The van der Waals surface area contributed by atoms with E-state index < -0.39 is 35.7 Å².